The first-order chi connectivity index (χ1) is 7.63. The molecule has 0 radical (unpaired) electrons. The van der Waals surface area contributed by atoms with Gasteiger partial charge in [-0.05, 0) is 18.1 Å². The van der Waals surface area contributed by atoms with Crippen LogP contribution in [0.2, 0.25) is 0 Å². The molecule has 0 aliphatic heterocycles. The third kappa shape index (κ3) is 1.62. The molecule has 0 aliphatic rings. The van der Waals surface area contributed by atoms with Crippen LogP contribution in [0.25, 0.3) is 11.3 Å². The topological polar surface area (TPSA) is 64.1 Å². The Morgan fingerprint density at radius 3 is 2.75 bits per heavy atom. The minimum Gasteiger partial charge on any atom is -0.507 e. The van der Waals surface area contributed by atoms with Crippen LogP contribution in [0.4, 0.5) is 5.82 Å². The minimum atomic E-state index is 0.295. The van der Waals surface area contributed by atoms with Gasteiger partial charge in [-0.2, -0.15) is 5.10 Å². The van der Waals surface area contributed by atoms with Crippen molar-refractivity contribution in [3.8, 4) is 17.0 Å². The highest BCUT2D eigenvalue weighted by Gasteiger charge is 2.11. The molecule has 0 aliphatic carbocycles. The largest absolute Gasteiger partial charge is 0.507 e. The lowest BCUT2D eigenvalue weighted by Crippen LogP contribution is -1.96. The van der Waals surface area contributed by atoms with Gasteiger partial charge in [0.05, 0.1) is 5.69 Å². The monoisotopic (exact) mass is 217 g/mol. The number of nitrogens with zero attached hydrogens (tertiary/aromatic N) is 2. The molecular weight excluding hydrogens is 202 g/mol. The number of aromatic hydroxyl groups is 1. The zero-order valence-corrected chi connectivity index (χ0v) is 9.44. The van der Waals surface area contributed by atoms with Gasteiger partial charge in [-0.1, -0.05) is 19.1 Å². The number of phenolic OH excluding ortho intramolecular Hbond substituents is 1. The first-order valence-corrected chi connectivity index (χ1v) is 5.24. The summed E-state index contributed by atoms with van der Waals surface area (Å²) in [6.07, 6.45) is 0.794. The zero-order chi connectivity index (χ0) is 11.7. The van der Waals surface area contributed by atoms with E-state index in [0.717, 1.165) is 17.5 Å². The Kier molecular flexibility index (Phi) is 2.56. The Bertz CT molecular complexity index is 497. The second-order valence-corrected chi connectivity index (χ2v) is 3.74. The van der Waals surface area contributed by atoms with Crippen LogP contribution in [0.5, 0.6) is 5.75 Å². The maximum Gasteiger partial charge on any atom is 0.128 e. The van der Waals surface area contributed by atoms with Crippen LogP contribution in [0.15, 0.2) is 24.3 Å². The summed E-state index contributed by atoms with van der Waals surface area (Å²) < 4.78 is 1.59. The molecule has 0 bridgehead atoms. The highest BCUT2D eigenvalue weighted by Crippen LogP contribution is 2.32. The molecule has 1 heterocycles. The zero-order valence-electron chi connectivity index (χ0n) is 9.44. The Balaban J connectivity index is 2.55. The quantitative estimate of drug-likeness (QED) is 0.808. The van der Waals surface area contributed by atoms with E-state index in [-0.39, 0.29) is 0 Å². The molecule has 0 fully saturated rings. The molecule has 0 amide bonds. The summed E-state index contributed by atoms with van der Waals surface area (Å²) in [7, 11) is 1.78. The summed E-state index contributed by atoms with van der Waals surface area (Å²) >= 11 is 0. The van der Waals surface area contributed by atoms with Crippen molar-refractivity contribution in [2.45, 2.75) is 13.3 Å². The van der Waals surface area contributed by atoms with Gasteiger partial charge in [0.15, 0.2) is 0 Å². The molecule has 1 aromatic carbocycles. The molecule has 0 saturated carbocycles. The smallest absolute Gasteiger partial charge is 0.128 e. The normalized spacial score (nSPS) is 10.6. The fourth-order valence-electron chi connectivity index (χ4n) is 1.70. The second-order valence-electron chi connectivity index (χ2n) is 3.74. The Hall–Kier alpha value is -1.97. The van der Waals surface area contributed by atoms with Crippen molar-refractivity contribution in [1.29, 1.82) is 0 Å². The van der Waals surface area contributed by atoms with Crippen LogP contribution < -0.4 is 5.73 Å². The Morgan fingerprint density at radius 2 is 2.19 bits per heavy atom. The summed E-state index contributed by atoms with van der Waals surface area (Å²) in [6, 6.07) is 7.43. The number of hydrogen-bond acceptors (Lipinski definition) is 3. The van der Waals surface area contributed by atoms with Gasteiger partial charge in [0, 0.05) is 18.7 Å². The van der Waals surface area contributed by atoms with E-state index in [2.05, 4.69) is 5.10 Å². The number of hydrogen-bond donors (Lipinski definition) is 2. The number of para-hydroxylation sites is 1. The summed E-state index contributed by atoms with van der Waals surface area (Å²) in [4.78, 5) is 0. The van der Waals surface area contributed by atoms with Crippen LogP contribution in [-0.4, -0.2) is 14.9 Å². The van der Waals surface area contributed by atoms with Crippen LogP contribution in [0, 0.1) is 0 Å². The molecule has 0 saturated heterocycles. The summed E-state index contributed by atoms with van der Waals surface area (Å²) in [6.45, 7) is 2.01. The number of rotatable bonds is 2. The average molecular weight is 217 g/mol. The lowest BCUT2D eigenvalue weighted by Gasteiger charge is -2.05. The second kappa shape index (κ2) is 3.89. The van der Waals surface area contributed by atoms with Gasteiger partial charge in [-0.3, -0.25) is 4.68 Å². The van der Waals surface area contributed by atoms with Crippen LogP contribution in [-0.2, 0) is 13.5 Å². The van der Waals surface area contributed by atoms with E-state index in [1.165, 1.54) is 0 Å². The van der Waals surface area contributed by atoms with Crippen molar-refractivity contribution in [1.82, 2.24) is 9.78 Å². The van der Waals surface area contributed by atoms with Gasteiger partial charge in [0.1, 0.15) is 11.6 Å². The van der Waals surface area contributed by atoms with Gasteiger partial charge in [0.2, 0.25) is 0 Å². The fraction of sp³-hybridized carbons (Fsp3) is 0.250. The SMILES string of the molecule is CCc1cccc(-c2cc(N)n(C)n2)c1O. The van der Waals surface area contributed by atoms with Crippen molar-refractivity contribution < 1.29 is 5.11 Å². The van der Waals surface area contributed by atoms with E-state index in [1.54, 1.807) is 17.8 Å². The van der Waals surface area contributed by atoms with Crippen molar-refractivity contribution in [2.24, 2.45) is 7.05 Å². The van der Waals surface area contributed by atoms with Gasteiger partial charge in [-0.25, -0.2) is 0 Å². The third-order valence-electron chi connectivity index (χ3n) is 2.69. The molecule has 84 valence electrons. The molecule has 2 aromatic rings. The minimum absolute atomic E-state index is 0.295. The molecule has 16 heavy (non-hydrogen) atoms. The average Bonchev–Trinajstić information content (AvgIpc) is 2.59. The number of nitrogens with two attached hydrogens (primary N) is 1. The Labute approximate surface area is 94.3 Å². The molecule has 4 nitrogen and oxygen atoms in total. The maximum absolute atomic E-state index is 10.1. The lowest BCUT2D eigenvalue weighted by atomic mass is 10.0. The van der Waals surface area contributed by atoms with Crippen molar-refractivity contribution in [3.63, 3.8) is 0 Å². The third-order valence-corrected chi connectivity index (χ3v) is 2.69. The molecule has 2 rings (SSSR count). The molecule has 0 unspecified atom stereocenters. The van der Waals surface area contributed by atoms with Crippen molar-refractivity contribution in [2.75, 3.05) is 5.73 Å². The molecule has 3 N–H and O–H groups in total. The van der Waals surface area contributed by atoms with Crippen molar-refractivity contribution >= 4 is 5.82 Å². The van der Waals surface area contributed by atoms with Crippen LogP contribution >= 0.6 is 0 Å². The van der Waals surface area contributed by atoms with E-state index in [0.29, 0.717) is 17.3 Å². The predicted molar refractivity (Wildman–Crippen MR) is 64.1 cm³/mol. The summed E-state index contributed by atoms with van der Waals surface area (Å²) in [5.74, 6) is 0.874. The summed E-state index contributed by atoms with van der Waals surface area (Å²) in [5, 5.41) is 14.3. The van der Waals surface area contributed by atoms with Crippen molar-refractivity contribution in [3.05, 3.63) is 29.8 Å². The molecule has 4 heteroatoms. The molecule has 0 spiro atoms. The highest BCUT2D eigenvalue weighted by atomic mass is 16.3. The Morgan fingerprint density at radius 1 is 1.44 bits per heavy atom. The standard InChI is InChI=1S/C12H15N3O/c1-3-8-5-4-6-9(12(8)16)10-7-11(13)15(2)14-10/h4-7,16H,3,13H2,1-2H3. The highest BCUT2D eigenvalue weighted by molar-refractivity contribution is 5.70. The van der Waals surface area contributed by atoms with Crippen LogP contribution in [0.3, 0.4) is 0 Å². The van der Waals surface area contributed by atoms with E-state index >= 15 is 0 Å². The predicted octanol–water partition coefficient (Wildman–Crippen LogP) is 1.94. The number of benzene rings is 1. The van der Waals surface area contributed by atoms with Gasteiger partial charge in [0.25, 0.3) is 0 Å². The lowest BCUT2D eigenvalue weighted by molar-refractivity contribution is 0.470. The molecule has 0 atom stereocenters. The number of anilines is 1. The first-order valence-electron chi connectivity index (χ1n) is 5.24. The maximum atomic E-state index is 10.1. The van der Waals surface area contributed by atoms with Gasteiger partial charge < -0.3 is 10.8 Å². The van der Waals surface area contributed by atoms with E-state index in [9.17, 15) is 5.11 Å². The van der Waals surface area contributed by atoms with E-state index in [1.807, 2.05) is 25.1 Å². The molecular formula is C12H15N3O. The van der Waals surface area contributed by atoms with Crippen LogP contribution in [0.1, 0.15) is 12.5 Å². The van der Waals surface area contributed by atoms with Gasteiger partial charge >= 0.3 is 0 Å². The number of phenols is 1. The number of nitrogen functional groups attached to an aromatic ring is 1. The molecule has 1 aromatic heterocycles. The van der Waals surface area contributed by atoms with E-state index < -0.39 is 0 Å². The fourth-order valence-corrected chi connectivity index (χ4v) is 1.70. The first kappa shape index (κ1) is 10.5. The summed E-state index contributed by atoms with van der Waals surface area (Å²) in [5.41, 5.74) is 8.07. The number of aryl methyl sites for hydroxylation is 2. The van der Waals surface area contributed by atoms with E-state index in [4.69, 9.17) is 5.73 Å². The van der Waals surface area contributed by atoms with Gasteiger partial charge in [-0.15, -0.1) is 0 Å². The number of aromatic nitrogens is 2.